The van der Waals surface area contributed by atoms with Crippen LogP contribution in [0.1, 0.15) is 15.9 Å². The lowest BCUT2D eigenvalue weighted by atomic mass is 10.1. The van der Waals surface area contributed by atoms with Crippen molar-refractivity contribution in [2.75, 3.05) is 29.5 Å². The number of carboxylic acids is 1. The summed E-state index contributed by atoms with van der Waals surface area (Å²) < 4.78 is 0. The SMILES string of the molecule is C=CCSCCNC(=O)N1CCc2cc(C(=O)O)ccc21. The molecule has 0 aromatic heterocycles. The highest BCUT2D eigenvalue weighted by Crippen LogP contribution is 2.28. The summed E-state index contributed by atoms with van der Waals surface area (Å²) in [7, 11) is 0. The number of amides is 2. The predicted octanol–water partition coefficient (Wildman–Crippen LogP) is 2.38. The van der Waals surface area contributed by atoms with Crippen molar-refractivity contribution in [1.82, 2.24) is 5.32 Å². The number of rotatable bonds is 6. The van der Waals surface area contributed by atoms with Crippen LogP contribution in [0.3, 0.4) is 0 Å². The lowest BCUT2D eigenvalue weighted by molar-refractivity contribution is 0.0697. The van der Waals surface area contributed by atoms with Crippen LogP contribution in [0, 0.1) is 0 Å². The molecule has 2 N–H and O–H groups in total. The van der Waals surface area contributed by atoms with Gasteiger partial charge < -0.3 is 10.4 Å². The molecule has 1 aromatic rings. The van der Waals surface area contributed by atoms with Crippen LogP contribution in [0.15, 0.2) is 30.9 Å². The van der Waals surface area contributed by atoms with Crippen molar-refractivity contribution in [2.45, 2.75) is 6.42 Å². The Hall–Kier alpha value is -1.95. The highest BCUT2D eigenvalue weighted by Gasteiger charge is 2.25. The van der Waals surface area contributed by atoms with Gasteiger partial charge in [-0.1, -0.05) is 6.08 Å². The van der Waals surface area contributed by atoms with Gasteiger partial charge >= 0.3 is 12.0 Å². The van der Waals surface area contributed by atoms with E-state index in [1.165, 1.54) is 6.07 Å². The fourth-order valence-electron chi connectivity index (χ4n) is 2.24. The normalized spacial score (nSPS) is 12.9. The van der Waals surface area contributed by atoms with E-state index in [2.05, 4.69) is 11.9 Å². The number of carboxylic acid groups (broad SMARTS) is 1. The summed E-state index contributed by atoms with van der Waals surface area (Å²) in [5.74, 6) is 0.775. The molecular formula is C15H18N2O3S. The molecule has 0 radical (unpaired) electrons. The molecule has 0 saturated carbocycles. The van der Waals surface area contributed by atoms with Crippen molar-refractivity contribution in [2.24, 2.45) is 0 Å². The van der Waals surface area contributed by atoms with Crippen LogP contribution in [0.4, 0.5) is 10.5 Å². The van der Waals surface area contributed by atoms with Crippen LogP contribution in [0.5, 0.6) is 0 Å². The van der Waals surface area contributed by atoms with E-state index in [-0.39, 0.29) is 11.6 Å². The monoisotopic (exact) mass is 306 g/mol. The first-order chi connectivity index (χ1) is 10.1. The van der Waals surface area contributed by atoms with E-state index in [1.807, 2.05) is 6.08 Å². The lowest BCUT2D eigenvalue weighted by Gasteiger charge is -2.18. The van der Waals surface area contributed by atoms with Gasteiger partial charge in [-0.3, -0.25) is 4.90 Å². The number of nitrogens with one attached hydrogen (secondary N) is 1. The predicted molar refractivity (Wildman–Crippen MR) is 85.4 cm³/mol. The average molecular weight is 306 g/mol. The molecule has 0 fully saturated rings. The maximum atomic E-state index is 12.1. The Morgan fingerprint density at radius 3 is 3.00 bits per heavy atom. The number of aromatic carboxylic acids is 1. The number of anilines is 1. The second-order valence-corrected chi connectivity index (χ2v) is 5.80. The standard InChI is InChI=1S/C15H18N2O3S/c1-2-8-21-9-6-16-15(20)17-7-5-11-10-12(14(18)19)3-4-13(11)17/h2-4,10H,1,5-9H2,(H,16,20)(H,18,19). The molecule has 0 saturated heterocycles. The number of carbonyl (C=O) groups is 2. The van der Waals surface area contributed by atoms with E-state index in [9.17, 15) is 9.59 Å². The molecule has 5 nitrogen and oxygen atoms in total. The van der Waals surface area contributed by atoms with Crippen molar-refractivity contribution in [1.29, 1.82) is 0 Å². The lowest BCUT2D eigenvalue weighted by Crippen LogP contribution is -2.39. The molecule has 21 heavy (non-hydrogen) atoms. The van der Waals surface area contributed by atoms with Gasteiger partial charge in [0, 0.05) is 30.3 Å². The molecule has 1 aliphatic heterocycles. The third kappa shape index (κ3) is 3.78. The molecule has 6 heteroatoms. The number of hydrogen-bond acceptors (Lipinski definition) is 3. The summed E-state index contributed by atoms with van der Waals surface area (Å²) in [5, 5.41) is 11.9. The minimum absolute atomic E-state index is 0.129. The quantitative estimate of drug-likeness (QED) is 0.625. The number of benzene rings is 1. The second kappa shape index (κ2) is 7.17. The van der Waals surface area contributed by atoms with Crippen LogP contribution in [-0.2, 0) is 6.42 Å². The Morgan fingerprint density at radius 2 is 2.29 bits per heavy atom. The molecular weight excluding hydrogens is 288 g/mol. The highest BCUT2D eigenvalue weighted by molar-refractivity contribution is 7.99. The molecule has 2 rings (SSSR count). The van der Waals surface area contributed by atoms with Crippen molar-refractivity contribution >= 4 is 29.4 Å². The van der Waals surface area contributed by atoms with E-state index >= 15 is 0 Å². The summed E-state index contributed by atoms with van der Waals surface area (Å²) in [6.07, 6.45) is 2.53. The zero-order valence-corrected chi connectivity index (χ0v) is 12.5. The van der Waals surface area contributed by atoms with Gasteiger partial charge in [0.15, 0.2) is 0 Å². The van der Waals surface area contributed by atoms with Gasteiger partial charge in [0.2, 0.25) is 0 Å². The molecule has 1 aromatic carbocycles. The van der Waals surface area contributed by atoms with Crippen LogP contribution in [0.25, 0.3) is 0 Å². The van der Waals surface area contributed by atoms with Crippen LogP contribution in [0.2, 0.25) is 0 Å². The maximum absolute atomic E-state index is 12.1. The molecule has 0 unspecified atom stereocenters. The van der Waals surface area contributed by atoms with E-state index < -0.39 is 5.97 Å². The van der Waals surface area contributed by atoms with E-state index in [4.69, 9.17) is 5.11 Å². The first-order valence-corrected chi connectivity index (χ1v) is 7.89. The van der Waals surface area contributed by atoms with Gasteiger partial charge in [0.1, 0.15) is 0 Å². The molecule has 2 amide bonds. The van der Waals surface area contributed by atoms with Crippen LogP contribution < -0.4 is 10.2 Å². The summed E-state index contributed by atoms with van der Waals surface area (Å²) in [6, 6.07) is 4.76. The Labute approximate surface area is 128 Å². The number of urea groups is 1. The molecule has 1 heterocycles. The fourth-order valence-corrected chi connectivity index (χ4v) is 2.82. The van der Waals surface area contributed by atoms with Crippen molar-refractivity contribution in [3.63, 3.8) is 0 Å². The number of carbonyl (C=O) groups excluding carboxylic acids is 1. The number of thioether (sulfide) groups is 1. The van der Waals surface area contributed by atoms with E-state index in [1.54, 1.807) is 28.8 Å². The van der Waals surface area contributed by atoms with Gasteiger partial charge in [-0.05, 0) is 30.2 Å². The summed E-state index contributed by atoms with van der Waals surface area (Å²) >= 11 is 1.71. The van der Waals surface area contributed by atoms with Crippen molar-refractivity contribution in [3.05, 3.63) is 42.0 Å². The molecule has 0 atom stereocenters. The van der Waals surface area contributed by atoms with E-state index in [0.717, 1.165) is 22.8 Å². The largest absolute Gasteiger partial charge is 0.478 e. The fraction of sp³-hybridized carbons (Fsp3) is 0.333. The minimum atomic E-state index is -0.944. The summed E-state index contributed by atoms with van der Waals surface area (Å²) in [6.45, 7) is 4.84. The van der Waals surface area contributed by atoms with Crippen LogP contribution >= 0.6 is 11.8 Å². The first kappa shape index (κ1) is 15.4. The first-order valence-electron chi connectivity index (χ1n) is 6.73. The van der Waals surface area contributed by atoms with Gasteiger partial charge in [-0.15, -0.1) is 6.58 Å². The Bertz CT molecular complexity index is 560. The Kier molecular flexibility index (Phi) is 5.27. The van der Waals surface area contributed by atoms with Gasteiger partial charge in [0.25, 0.3) is 0 Å². The number of nitrogens with zero attached hydrogens (tertiary/aromatic N) is 1. The van der Waals surface area contributed by atoms with E-state index in [0.29, 0.717) is 19.5 Å². The second-order valence-electron chi connectivity index (χ2n) is 4.65. The van der Waals surface area contributed by atoms with Gasteiger partial charge in [-0.2, -0.15) is 11.8 Å². The molecule has 1 aliphatic rings. The molecule has 0 bridgehead atoms. The Morgan fingerprint density at radius 1 is 1.48 bits per heavy atom. The Balaban J connectivity index is 1.94. The van der Waals surface area contributed by atoms with Crippen LogP contribution in [-0.4, -0.2) is 41.7 Å². The number of fused-ring (bicyclic) bond motifs is 1. The molecule has 112 valence electrons. The summed E-state index contributed by atoms with van der Waals surface area (Å²) in [4.78, 5) is 24.7. The zero-order valence-electron chi connectivity index (χ0n) is 11.7. The van der Waals surface area contributed by atoms with Gasteiger partial charge in [-0.25, -0.2) is 9.59 Å². The third-order valence-electron chi connectivity index (χ3n) is 3.23. The molecule has 0 spiro atoms. The molecule has 0 aliphatic carbocycles. The van der Waals surface area contributed by atoms with Gasteiger partial charge in [0.05, 0.1) is 5.56 Å². The topological polar surface area (TPSA) is 69.6 Å². The highest BCUT2D eigenvalue weighted by atomic mass is 32.2. The number of hydrogen-bond donors (Lipinski definition) is 2. The smallest absolute Gasteiger partial charge is 0.335 e. The third-order valence-corrected chi connectivity index (χ3v) is 4.19. The van der Waals surface area contributed by atoms with Crippen molar-refractivity contribution in [3.8, 4) is 0 Å². The average Bonchev–Trinajstić information content (AvgIpc) is 2.89. The summed E-state index contributed by atoms with van der Waals surface area (Å²) in [5.41, 5.74) is 1.97. The minimum Gasteiger partial charge on any atom is -0.478 e. The zero-order chi connectivity index (χ0) is 15.2. The maximum Gasteiger partial charge on any atom is 0.335 e. The van der Waals surface area contributed by atoms with Crippen molar-refractivity contribution < 1.29 is 14.7 Å².